The van der Waals surface area contributed by atoms with Crippen LogP contribution < -0.4 is 4.31 Å². The van der Waals surface area contributed by atoms with Gasteiger partial charge in [-0.2, -0.15) is 0 Å². The van der Waals surface area contributed by atoms with Crippen LogP contribution in [0.3, 0.4) is 0 Å². The van der Waals surface area contributed by atoms with Gasteiger partial charge >= 0.3 is 0 Å². The Morgan fingerprint density at radius 3 is 2.26 bits per heavy atom. The van der Waals surface area contributed by atoms with Crippen molar-refractivity contribution in [3.8, 4) is 0 Å². The Morgan fingerprint density at radius 1 is 1.13 bits per heavy atom. The van der Waals surface area contributed by atoms with Gasteiger partial charge in [0.1, 0.15) is 18.2 Å². The average Bonchev–Trinajstić information content (AvgIpc) is 2.45. The van der Waals surface area contributed by atoms with Crippen molar-refractivity contribution in [2.45, 2.75) is 11.8 Å². The fourth-order valence-corrected chi connectivity index (χ4v) is 3.55. The summed E-state index contributed by atoms with van der Waals surface area (Å²) in [6.07, 6.45) is 0. The minimum atomic E-state index is -4.24. The maximum Gasteiger partial charge on any atom is 0.264 e. The zero-order valence-corrected chi connectivity index (χ0v) is 13.5. The van der Waals surface area contributed by atoms with E-state index in [1.807, 2.05) is 0 Å². The number of anilines is 1. The Kier molecular flexibility index (Phi) is 5.01. The van der Waals surface area contributed by atoms with Crippen LogP contribution in [0.25, 0.3) is 0 Å². The minimum Gasteiger partial charge on any atom is -0.279 e. The van der Waals surface area contributed by atoms with Crippen LogP contribution in [0.1, 0.15) is 5.56 Å². The zero-order valence-electron chi connectivity index (χ0n) is 12.0. The standard InChI is InChI=1S/C15H12ClF2NO3S/c1-10-2-5-12(6-3-10)23(21,22)19(9-15(16)20)14-7-4-11(17)8-13(14)18/h2-8H,9H2,1H3. The quantitative estimate of drug-likeness (QED) is 0.770. The van der Waals surface area contributed by atoms with Crippen molar-refractivity contribution in [3.05, 3.63) is 59.7 Å². The fourth-order valence-electron chi connectivity index (χ4n) is 1.93. The maximum absolute atomic E-state index is 14.0. The SMILES string of the molecule is Cc1ccc(S(=O)(=O)N(CC(=O)Cl)c2ccc(F)cc2F)cc1. The lowest BCUT2D eigenvalue weighted by Gasteiger charge is -2.23. The molecule has 23 heavy (non-hydrogen) atoms. The van der Waals surface area contributed by atoms with Crippen molar-refractivity contribution < 1.29 is 22.0 Å². The molecule has 122 valence electrons. The molecule has 0 saturated heterocycles. The first-order valence-electron chi connectivity index (χ1n) is 6.44. The number of hydrogen-bond donors (Lipinski definition) is 0. The largest absolute Gasteiger partial charge is 0.279 e. The van der Waals surface area contributed by atoms with Gasteiger partial charge in [-0.05, 0) is 42.8 Å². The van der Waals surface area contributed by atoms with Gasteiger partial charge in [0.05, 0.1) is 10.6 Å². The van der Waals surface area contributed by atoms with E-state index in [0.29, 0.717) is 10.4 Å². The topological polar surface area (TPSA) is 54.5 Å². The summed E-state index contributed by atoms with van der Waals surface area (Å²) in [4.78, 5) is 11.1. The van der Waals surface area contributed by atoms with Crippen LogP contribution in [0.2, 0.25) is 0 Å². The van der Waals surface area contributed by atoms with E-state index in [1.165, 1.54) is 12.1 Å². The van der Waals surface area contributed by atoms with Gasteiger partial charge in [-0.25, -0.2) is 17.2 Å². The summed E-state index contributed by atoms with van der Waals surface area (Å²) in [5.74, 6) is -1.98. The van der Waals surface area contributed by atoms with E-state index in [0.717, 1.165) is 17.7 Å². The van der Waals surface area contributed by atoms with E-state index in [1.54, 1.807) is 19.1 Å². The van der Waals surface area contributed by atoms with Gasteiger partial charge in [0.25, 0.3) is 10.0 Å². The van der Waals surface area contributed by atoms with E-state index < -0.39 is 39.1 Å². The third-order valence-corrected chi connectivity index (χ3v) is 4.95. The molecule has 0 spiro atoms. The summed E-state index contributed by atoms with van der Waals surface area (Å²) in [6, 6.07) is 8.16. The summed E-state index contributed by atoms with van der Waals surface area (Å²) >= 11 is 5.28. The average molecular weight is 360 g/mol. The fraction of sp³-hybridized carbons (Fsp3) is 0.133. The third kappa shape index (κ3) is 3.86. The molecule has 0 radical (unpaired) electrons. The second kappa shape index (κ2) is 6.64. The molecule has 4 nitrogen and oxygen atoms in total. The van der Waals surface area contributed by atoms with Gasteiger partial charge in [-0.1, -0.05) is 17.7 Å². The highest BCUT2D eigenvalue weighted by molar-refractivity contribution is 7.92. The monoisotopic (exact) mass is 359 g/mol. The van der Waals surface area contributed by atoms with Crippen LogP contribution in [0, 0.1) is 18.6 Å². The van der Waals surface area contributed by atoms with E-state index in [2.05, 4.69) is 0 Å². The number of aryl methyl sites for hydroxylation is 1. The number of sulfonamides is 1. The van der Waals surface area contributed by atoms with Crippen LogP contribution in [0.15, 0.2) is 47.4 Å². The van der Waals surface area contributed by atoms with Crippen molar-refractivity contribution in [1.82, 2.24) is 0 Å². The van der Waals surface area contributed by atoms with Crippen molar-refractivity contribution in [1.29, 1.82) is 0 Å². The van der Waals surface area contributed by atoms with Gasteiger partial charge in [-0.15, -0.1) is 0 Å². The molecule has 0 aromatic heterocycles. The van der Waals surface area contributed by atoms with Crippen LogP contribution in [-0.4, -0.2) is 20.2 Å². The van der Waals surface area contributed by atoms with Gasteiger partial charge < -0.3 is 0 Å². The number of hydrogen-bond acceptors (Lipinski definition) is 3. The summed E-state index contributed by atoms with van der Waals surface area (Å²) < 4.78 is 52.9. The predicted molar refractivity (Wildman–Crippen MR) is 82.9 cm³/mol. The molecular formula is C15H12ClF2NO3S. The molecule has 0 aliphatic heterocycles. The summed E-state index contributed by atoms with van der Waals surface area (Å²) in [6.45, 7) is 0.996. The number of carbonyl (C=O) groups excluding carboxylic acids is 1. The Labute approximate surface area is 137 Å². The second-order valence-corrected chi connectivity index (χ2v) is 7.06. The Morgan fingerprint density at radius 2 is 1.74 bits per heavy atom. The highest BCUT2D eigenvalue weighted by Crippen LogP contribution is 2.27. The summed E-state index contributed by atoms with van der Waals surface area (Å²) in [5.41, 5.74) is 0.373. The van der Waals surface area contributed by atoms with Crippen molar-refractivity contribution >= 4 is 32.6 Å². The van der Waals surface area contributed by atoms with Gasteiger partial charge in [0, 0.05) is 6.07 Å². The highest BCUT2D eigenvalue weighted by atomic mass is 35.5. The molecule has 8 heteroatoms. The molecule has 0 heterocycles. The van der Waals surface area contributed by atoms with Crippen LogP contribution >= 0.6 is 11.6 Å². The van der Waals surface area contributed by atoms with Crippen molar-refractivity contribution in [2.24, 2.45) is 0 Å². The van der Waals surface area contributed by atoms with Gasteiger partial charge in [0.2, 0.25) is 5.24 Å². The van der Waals surface area contributed by atoms with Gasteiger partial charge in [-0.3, -0.25) is 9.10 Å². The molecule has 2 aromatic rings. The molecule has 0 bridgehead atoms. The molecule has 0 amide bonds. The zero-order chi connectivity index (χ0) is 17.2. The number of carbonyl (C=O) groups is 1. The highest BCUT2D eigenvalue weighted by Gasteiger charge is 2.28. The molecule has 0 fully saturated rings. The molecule has 0 N–H and O–H groups in total. The lowest BCUT2D eigenvalue weighted by atomic mass is 10.2. The first-order chi connectivity index (χ1) is 10.7. The molecule has 2 rings (SSSR count). The van der Waals surface area contributed by atoms with Gasteiger partial charge in [0.15, 0.2) is 0 Å². The molecule has 0 unspecified atom stereocenters. The van der Waals surface area contributed by atoms with E-state index >= 15 is 0 Å². The predicted octanol–water partition coefficient (Wildman–Crippen LogP) is 3.23. The van der Waals surface area contributed by atoms with Crippen LogP contribution in [-0.2, 0) is 14.8 Å². The van der Waals surface area contributed by atoms with Crippen molar-refractivity contribution in [2.75, 3.05) is 10.8 Å². The van der Waals surface area contributed by atoms with Crippen LogP contribution in [0.5, 0.6) is 0 Å². The first-order valence-corrected chi connectivity index (χ1v) is 8.26. The Hall–Kier alpha value is -1.99. The Bertz CT molecular complexity index is 838. The maximum atomic E-state index is 14.0. The van der Waals surface area contributed by atoms with E-state index in [4.69, 9.17) is 11.6 Å². The molecular weight excluding hydrogens is 348 g/mol. The number of halogens is 3. The Balaban J connectivity index is 2.57. The first kappa shape index (κ1) is 17.4. The molecule has 0 saturated carbocycles. The summed E-state index contributed by atoms with van der Waals surface area (Å²) in [7, 11) is -4.24. The van der Waals surface area contributed by atoms with E-state index in [-0.39, 0.29) is 4.90 Å². The van der Waals surface area contributed by atoms with Crippen molar-refractivity contribution in [3.63, 3.8) is 0 Å². The molecule has 0 aliphatic carbocycles. The normalized spacial score (nSPS) is 11.3. The lowest BCUT2D eigenvalue weighted by Crippen LogP contribution is -2.35. The molecule has 2 aromatic carbocycles. The second-order valence-electron chi connectivity index (χ2n) is 4.78. The molecule has 0 atom stereocenters. The van der Waals surface area contributed by atoms with E-state index in [9.17, 15) is 22.0 Å². The third-order valence-electron chi connectivity index (χ3n) is 3.06. The minimum absolute atomic E-state index is 0.134. The molecule has 0 aliphatic rings. The van der Waals surface area contributed by atoms with Crippen LogP contribution in [0.4, 0.5) is 14.5 Å². The number of rotatable bonds is 5. The number of nitrogens with zero attached hydrogens (tertiary/aromatic N) is 1. The summed E-state index contributed by atoms with van der Waals surface area (Å²) in [5, 5.41) is -0.996. The lowest BCUT2D eigenvalue weighted by molar-refractivity contribution is -0.110. The smallest absolute Gasteiger partial charge is 0.264 e. The number of benzene rings is 2.